The molecule has 0 amide bonds. The highest BCUT2D eigenvalue weighted by Gasteiger charge is 2.31. The summed E-state index contributed by atoms with van der Waals surface area (Å²) in [5.41, 5.74) is 0.728. The highest BCUT2D eigenvalue weighted by Crippen LogP contribution is 2.33. The van der Waals surface area contributed by atoms with Crippen LogP contribution in [0.5, 0.6) is 0 Å². The van der Waals surface area contributed by atoms with Gasteiger partial charge in [0, 0.05) is 65.3 Å². The third-order valence-electron chi connectivity index (χ3n) is 6.99. The number of aromatic nitrogens is 5. The Bertz CT molecular complexity index is 1580. The van der Waals surface area contributed by atoms with Crippen molar-refractivity contribution < 1.29 is 13.2 Å². The van der Waals surface area contributed by atoms with Crippen LogP contribution in [0.2, 0.25) is 0 Å². The highest BCUT2D eigenvalue weighted by molar-refractivity contribution is 9.11. The SMILES string of the molecule is FC(F)(F)c1cccc(N2CCN(c3nc(NCCNc4ncnc5c(Br)cc(Br)cc45)nc(NC4CC4)n3)CC2)c1. The average Bonchev–Trinajstić information content (AvgIpc) is 3.79. The summed E-state index contributed by atoms with van der Waals surface area (Å²) in [6, 6.07) is 9.73. The van der Waals surface area contributed by atoms with Gasteiger partial charge in [-0.1, -0.05) is 22.0 Å². The first-order valence-electron chi connectivity index (χ1n) is 13.5. The number of nitrogens with one attached hydrogen (secondary N) is 3. The van der Waals surface area contributed by atoms with Crippen LogP contribution in [0.15, 0.2) is 51.7 Å². The lowest BCUT2D eigenvalue weighted by Crippen LogP contribution is -2.47. The molecule has 0 bridgehead atoms. The summed E-state index contributed by atoms with van der Waals surface area (Å²) >= 11 is 7.07. The van der Waals surface area contributed by atoms with Gasteiger partial charge in [-0.2, -0.15) is 28.1 Å². The summed E-state index contributed by atoms with van der Waals surface area (Å²) in [5.74, 6) is 2.21. The molecule has 2 aromatic carbocycles. The Kier molecular flexibility index (Phi) is 8.21. The predicted molar refractivity (Wildman–Crippen MR) is 164 cm³/mol. The van der Waals surface area contributed by atoms with Gasteiger partial charge in [-0.05, 0) is 59.1 Å². The molecule has 0 atom stereocenters. The Hall–Kier alpha value is -3.46. The van der Waals surface area contributed by atoms with Crippen LogP contribution in [0.25, 0.3) is 10.9 Å². The molecule has 2 aromatic heterocycles. The van der Waals surface area contributed by atoms with Crippen molar-refractivity contribution >= 4 is 72.1 Å². The summed E-state index contributed by atoms with van der Waals surface area (Å²) in [5, 5.41) is 10.9. The van der Waals surface area contributed by atoms with Crippen molar-refractivity contribution in [2.75, 3.05) is 65.0 Å². The van der Waals surface area contributed by atoms with Gasteiger partial charge in [0.2, 0.25) is 17.8 Å². The molecule has 1 saturated carbocycles. The molecular weight excluding hydrogens is 681 g/mol. The second-order valence-electron chi connectivity index (χ2n) is 10.1. The highest BCUT2D eigenvalue weighted by atomic mass is 79.9. The van der Waals surface area contributed by atoms with Crippen LogP contribution in [0.1, 0.15) is 18.4 Å². The van der Waals surface area contributed by atoms with Crippen LogP contribution in [-0.4, -0.2) is 70.2 Å². The van der Waals surface area contributed by atoms with Crippen LogP contribution in [0.3, 0.4) is 0 Å². The first kappa shape index (κ1) is 28.6. The number of hydrogen-bond donors (Lipinski definition) is 3. The molecule has 1 saturated heterocycles. The molecule has 6 rings (SSSR count). The fourth-order valence-corrected chi connectivity index (χ4v) is 6.02. The van der Waals surface area contributed by atoms with E-state index in [9.17, 15) is 13.2 Å². The summed E-state index contributed by atoms with van der Waals surface area (Å²) in [4.78, 5) is 26.6. The van der Waals surface area contributed by atoms with Crippen molar-refractivity contribution in [1.82, 2.24) is 24.9 Å². The summed E-state index contributed by atoms with van der Waals surface area (Å²) in [6.45, 7) is 3.30. The number of halogens is 5. The summed E-state index contributed by atoms with van der Waals surface area (Å²) in [6.07, 6.45) is -0.702. The summed E-state index contributed by atoms with van der Waals surface area (Å²) < 4.78 is 41.4. The Balaban J connectivity index is 1.11. The number of piperazine rings is 1. The van der Waals surface area contributed by atoms with Crippen molar-refractivity contribution in [2.24, 2.45) is 0 Å². The normalized spacial score (nSPS) is 15.6. The minimum absolute atomic E-state index is 0.359. The van der Waals surface area contributed by atoms with E-state index >= 15 is 0 Å². The van der Waals surface area contributed by atoms with Gasteiger partial charge in [-0.3, -0.25) is 0 Å². The van der Waals surface area contributed by atoms with E-state index in [2.05, 4.69) is 72.7 Å². The van der Waals surface area contributed by atoms with E-state index in [1.54, 1.807) is 6.07 Å². The van der Waals surface area contributed by atoms with Crippen molar-refractivity contribution in [3.63, 3.8) is 0 Å². The van der Waals surface area contributed by atoms with Crippen molar-refractivity contribution in [3.8, 4) is 0 Å². The lowest BCUT2D eigenvalue weighted by molar-refractivity contribution is -0.137. The van der Waals surface area contributed by atoms with E-state index in [1.165, 1.54) is 18.5 Å². The van der Waals surface area contributed by atoms with Crippen LogP contribution in [-0.2, 0) is 6.18 Å². The van der Waals surface area contributed by atoms with Gasteiger partial charge in [-0.15, -0.1) is 0 Å². The monoisotopic (exact) mass is 706 g/mol. The Morgan fingerprint density at radius 2 is 1.60 bits per heavy atom. The molecule has 0 unspecified atom stereocenters. The topological polar surface area (TPSA) is 107 Å². The Morgan fingerprint density at radius 3 is 2.36 bits per heavy atom. The maximum Gasteiger partial charge on any atom is 0.416 e. The second kappa shape index (κ2) is 12.0. The van der Waals surface area contributed by atoms with Gasteiger partial charge in [0.25, 0.3) is 0 Å². The molecule has 1 aliphatic carbocycles. The van der Waals surface area contributed by atoms with Crippen LogP contribution in [0, 0.1) is 0 Å². The summed E-state index contributed by atoms with van der Waals surface area (Å²) in [7, 11) is 0. The molecule has 42 heavy (non-hydrogen) atoms. The standard InChI is InChI=1S/C27H27Br2F3N10/c28-17-13-20-22(21(29)14-17)35-15-36-23(20)33-6-7-34-24-38-25(37-18-4-5-18)40-26(39-24)42-10-8-41(9-11-42)19-3-1-2-16(12-19)27(30,31)32/h1-3,12-15,18H,4-11H2,(H,33,35,36)(H2,34,37,38,39,40). The fraction of sp³-hybridized carbons (Fsp3) is 0.370. The minimum Gasteiger partial charge on any atom is -0.368 e. The molecule has 220 valence electrons. The number of fused-ring (bicyclic) bond motifs is 1. The van der Waals surface area contributed by atoms with Gasteiger partial charge < -0.3 is 25.8 Å². The lowest BCUT2D eigenvalue weighted by Gasteiger charge is -2.36. The van der Waals surface area contributed by atoms with E-state index in [4.69, 9.17) is 0 Å². The van der Waals surface area contributed by atoms with E-state index in [1.807, 2.05) is 21.9 Å². The molecule has 3 N–H and O–H groups in total. The lowest BCUT2D eigenvalue weighted by atomic mass is 10.1. The van der Waals surface area contributed by atoms with Gasteiger partial charge in [-0.25, -0.2) is 9.97 Å². The van der Waals surface area contributed by atoms with Crippen LogP contribution >= 0.6 is 31.9 Å². The van der Waals surface area contributed by atoms with Crippen molar-refractivity contribution in [2.45, 2.75) is 25.1 Å². The van der Waals surface area contributed by atoms with Crippen LogP contribution < -0.4 is 25.8 Å². The van der Waals surface area contributed by atoms with E-state index in [-0.39, 0.29) is 0 Å². The molecule has 0 spiro atoms. The predicted octanol–water partition coefficient (Wildman–Crippen LogP) is 5.78. The third kappa shape index (κ3) is 6.77. The quantitative estimate of drug-likeness (QED) is 0.185. The molecule has 4 aromatic rings. The molecule has 10 nitrogen and oxygen atoms in total. The zero-order valence-electron chi connectivity index (χ0n) is 22.3. The second-order valence-corrected chi connectivity index (χ2v) is 11.9. The number of benzene rings is 2. The van der Waals surface area contributed by atoms with E-state index < -0.39 is 11.7 Å². The Labute approximate surface area is 256 Å². The average molecular weight is 708 g/mol. The number of hydrogen-bond acceptors (Lipinski definition) is 10. The minimum atomic E-state index is -4.37. The molecular formula is C27H27Br2F3N10. The fourth-order valence-electron chi connectivity index (χ4n) is 4.69. The van der Waals surface area contributed by atoms with Gasteiger partial charge >= 0.3 is 6.18 Å². The number of nitrogens with zero attached hydrogens (tertiary/aromatic N) is 7. The Morgan fingerprint density at radius 1 is 0.857 bits per heavy atom. The third-order valence-corrected chi connectivity index (χ3v) is 8.06. The van der Waals surface area contributed by atoms with Gasteiger partial charge in [0.1, 0.15) is 12.1 Å². The first-order chi connectivity index (χ1) is 20.2. The maximum absolute atomic E-state index is 13.2. The van der Waals surface area contributed by atoms with E-state index in [0.29, 0.717) is 68.8 Å². The largest absolute Gasteiger partial charge is 0.416 e. The first-order valence-corrected chi connectivity index (χ1v) is 15.1. The number of rotatable bonds is 9. The van der Waals surface area contributed by atoms with Crippen molar-refractivity contribution in [3.05, 3.63) is 57.2 Å². The van der Waals surface area contributed by atoms with Crippen LogP contribution in [0.4, 0.5) is 42.5 Å². The molecule has 2 aliphatic rings. The zero-order valence-corrected chi connectivity index (χ0v) is 25.5. The molecule has 3 heterocycles. The van der Waals surface area contributed by atoms with Gasteiger partial charge in [0.05, 0.1) is 11.1 Å². The number of anilines is 5. The molecule has 2 fully saturated rings. The number of alkyl halides is 3. The zero-order chi connectivity index (χ0) is 29.3. The molecule has 0 radical (unpaired) electrons. The van der Waals surface area contributed by atoms with Gasteiger partial charge in [0.15, 0.2) is 0 Å². The molecule has 1 aliphatic heterocycles. The maximum atomic E-state index is 13.2. The molecule has 15 heteroatoms. The smallest absolute Gasteiger partial charge is 0.368 e. The van der Waals surface area contributed by atoms with E-state index in [0.717, 1.165) is 44.6 Å². The van der Waals surface area contributed by atoms with Crippen molar-refractivity contribution in [1.29, 1.82) is 0 Å².